The number of carbonyl (C=O) groups is 2. The molecule has 0 radical (unpaired) electrons. The molecule has 2 unspecified atom stereocenters. The maximum Gasteiger partial charge on any atom is 0.408 e. The van der Waals surface area contributed by atoms with Crippen LogP contribution in [0.4, 0.5) is 9.18 Å². The first-order valence-corrected chi connectivity index (χ1v) is 9.95. The highest BCUT2D eigenvalue weighted by Gasteiger charge is 2.68. The summed E-state index contributed by atoms with van der Waals surface area (Å²) in [6.07, 6.45) is -4.52. The molecule has 10 heteroatoms. The van der Waals surface area contributed by atoms with Crippen molar-refractivity contribution >= 4 is 12.1 Å². The molecule has 0 saturated carbocycles. The van der Waals surface area contributed by atoms with E-state index in [9.17, 15) is 19.1 Å². The molecule has 30 heavy (non-hydrogen) atoms. The van der Waals surface area contributed by atoms with Crippen LogP contribution < -0.4 is 5.32 Å². The minimum absolute atomic E-state index is 0.361. The van der Waals surface area contributed by atoms with Crippen molar-refractivity contribution in [3.05, 3.63) is 0 Å². The van der Waals surface area contributed by atoms with Crippen LogP contribution in [0.2, 0.25) is 0 Å². The fraction of sp³-hybridized carbons (Fsp3) is 0.900. The predicted molar refractivity (Wildman–Crippen MR) is 103 cm³/mol. The van der Waals surface area contributed by atoms with Crippen LogP contribution in [0.25, 0.3) is 0 Å². The first kappa shape index (κ1) is 24.8. The number of ether oxygens (including phenoxy) is 5. The van der Waals surface area contributed by atoms with Gasteiger partial charge in [0.2, 0.25) is 0 Å². The molecule has 0 bridgehead atoms. The average Bonchev–Trinajstić information content (AvgIpc) is 2.97. The van der Waals surface area contributed by atoms with Crippen molar-refractivity contribution in [1.82, 2.24) is 5.32 Å². The molecule has 1 amide bonds. The zero-order valence-electron chi connectivity index (χ0n) is 18.9. The normalized spacial score (nSPS) is 31.7. The Labute approximate surface area is 176 Å². The first-order valence-electron chi connectivity index (χ1n) is 9.95. The average molecular weight is 435 g/mol. The quantitative estimate of drug-likeness (QED) is 0.631. The summed E-state index contributed by atoms with van der Waals surface area (Å²) in [4.78, 5) is 24.4. The van der Waals surface area contributed by atoms with Gasteiger partial charge >= 0.3 is 12.1 Å². The molecule has 2 rings (SSSR count). The van der Waals surface area contributed by atoms with Crippen molar-refractivity contribution < 1.29 is 42.8 Å². The van der Waals surface area contributed by atoms with E-state index < -0.39 is 65.7 Å². The molecule has 2 heterocycles. The van der Waals surface area contributed by atoms with Gasteiger partial charge in [-0.2, -0.15) is 0 Å². The summed E-state index contributed by atoms with van der Waals surface area (Å²) in [5.74, 6) is -1.66. The lowest BCUT2D eigenvalue weighted by Crippen LogP contribution is -2.55. The van der Waals surface area contributed by atoms with E-state index in [1.165, 1.54) is 0 Å². The second-order valence-corrected chi connectivity index (χ2v) is 10.2. The standard InChI is InChI=1S/C20H34FNO8/c1-17(2,3)14(23)26-10-20-13(28-19(7,8)30-20)12(27-15(20)24)11(9-21)22-16(25)29-18(4,5)6/h11-13,15,24H,9-10H2,1-8H3,(H,22,25)/t11?,12-,13+,15?,20+/m1/s1. The Kier molecular flexibility index (Phi) is 6.79. The van der Waals surface area contributed by atoms with Crippen LogP contribution in [0.15, 0.2) is 0 Å². The number of halogens is 1. The summed E-state index contributed by atoms with van der Waals surface area (Å²) in [5, 5.41) is 13.1. The Morgan fingerprint density at radius 3 is 2.30 bits per heavy atom. The van der Waals surface area contributed by atoms with E-state index in [1.54, 1.807) is 55.4 Å². The van der Waals surface area contributed by atoms with E-state index in [-0.39, 0.29) is 6.61 Å². The van der Waals surface area contributed by atoms with Crippen LogP contribution in [0.3, 0.4) is 0 Å². The molecule has 0 spiro atoms. The molecular weight excluding hydrogens is 401 g/mol. The van der Waals surface area contributed by atoms with Gasteiger partial charge in [0.25, 0.3) is 0 Å². The second kappa shape index (κ2) is 8.22. The zero-order chi connectivity index (χ0) is 23.1. The largest absolute Gasteiger partial charge is 0.462 e. The topological polar surface area (TPSA) is 113 Å². The summed E-state index contributed by atoms with van der Waals surface area (Å²) in [6, 6.07) is -1.18. The Morgan fingerprint density at radius 2 is 1.80 bits per heavy atom. The number of amides is 1. The highest BCUT2D eigenvalue weighted by atomic mass is 19.1. The number of hydrogen-bond donors (Lipinski definition) is 2. The lowest BCUT2D eigenvalue weighted by molar-refractivity contribution is -0.256. The molecule has 0 aromatic carbocycles. The van der Waals surface area contributed by atoms with Crippen molar-refractivity contribution in [2.75, 3.05) is 13.3 Å². The molecule has 2 fully saturated rings. The number of nitrogens with one attached hydrogen (secondary N) is 1. The molecule has 2 aliphatic heterocycles. The number of hydrogen-bond acceptors (Lipinski definition) is 8. The Hall–Kier alpha value is -1.49. The van der Waals surface area contributed by atoms with Gasteiger partial charge in [-0.05, 0) is 55.4 Å². The number of alkyl carbamates (subject to hydrolysis) is 1. The predicted octanol–water partition coefficient (Wildman–Crippen LogP) is 2.05. The molecule has 2 saturated heterocycles. The SMILES string of the molecule is CC(C)(C)OC(=O)NC(CF)[C@H]1OC(O)[C@@]2(COC(=O)C(C)(C)C)OC(C)(C)O[C@@H]12. The summed E-state index contributed by atoms with van der Waals surface area (Å²) in [5.41, 5.74) is -3.12. The van der Waals surface area contributed by atoms with Crippen LogP contribution in [0, 0.1) is 5.41 Å². The fourth-order valence-corrected chi connectivity index (χ4v) is 3.37. The minimum atomic E-state index is -1.57. The number of aliphatic hydroxyl groups excluding tert-OH is 1. The van der Waals surface area contributed by atoms with Crippen LogP contribution in [-0.4, -0.2) is 72.0 Å². The monoisotopic (exact) mass is 435 g/mol. The van der Waals surface area contributed by atoms with Gasteiger partial charge in [0, 0.05) is 0 Å². The van der Waals surface area contributed by atoms with Gasteiger partial charge < -0.3 is 34.1 Å². The first-order chi connectivity index (χ1) is 13.5. The van der Waals surface area contributed by atoms with E-state index in [2.05, 4.69) is 5.32 Å². The van der Waals surface area contributed by atoms with E-state index in [1.807, 2.05) is 0 Å². The summed E-state index contributed by atoms with van der Waals surface area (Å²) >= 11 is 0. The molecule has 0 aliphatic carbocycles. The van der Waals surface area contributed by atoms with Crippen molar-refractivity contribution in [2.45, 2.75) is 96.9 Å². The van der Waals surface area contributed by atoms with Crippen molar-refractivity contribution in [3.8, 4) is 0 Å². The molecule has 9 nitrogen and oxygen atoms in total. The maximum atomic E-state index is 13.9. The molecule has 0 aromatic rings. The maximum absolute atomic E-state index is 13.9. The van der Waals surface area contributed by atoms with E-state index in [0.717, 1.165) is 0 Å². The van der Waals surface area contributed by atoms with E-state index >= 15 is 0 Å². The number of aliphatic hydroxyl groups is 1. The number of esters is 1. The number of carbonyl (C=O) groups excluding carboxylic acids is 2. The third-order valence-corrected chi connectivity index (χ3v) is 4.64. The van der Waals surface area contributed by atoms with Gasteiger partial charge in [-0.3, -0.25) is 4.79 Å². The van der Waals surface area contributed by atoms with Crippen LogP contribution in [-0.2, 0) is 28.5 Å². The Balaban J connectivity index is 2.23. The van der Waals surface area contributed by atoms with Crippen molar-refractivity contribution in [2.24, 2.45) is 5.41 Å². The minimum Gasteiger partial charge on any atom is -0.462 e. The second-order valence-electron chi connectivity index (χ2n) is 10.2. The van der Waals surface area contributed by atoms with Gasteiger partial charge in [0.05, 0.1) is 11.5 Å². The number of alkyl halides is 1. The molecule has 174 valence electrons. The lowest BCUT2D eigenvalue weighted by atomic mass is 9.92. The van der Waals surface area contributed by atoms with Crippen LogP contribution in [0.5, 0.6) is 0 Å². The van der Waals surface area contributed by atoms with Gasteiger partial charge in [-0.1, -0.05) is 0 Å². The van der Waals surface area contributed by atoms with Crippen LogP contribution in [0.1, 0.15) is 55.4 Å². The Bertz CT molecular complexity index is 656. The highest BCUT2D eigenvalue weighted by Crippen LogP contribution is 2.47. The zero-order valence-corrected chi connectivity index (χ0v) is 18.9. The van der Waals surface area contributed by atoms with E-state index in [0.29, 0.717) is 0 Å². The smallest absolute Gasteiger partial charge is 0.408 e. The third kappa shape index (κ3) is 5.40. The van der Waals surface area contributed by atoms with Crippen molar-refractivity contribution in [3.63, 3.8) is 0 Å². The number of fused-ring (bicyclic) bond motifs is 1. The van der Waals surface area contributed by atoms with Gasteiger partial charge in [-0.25, -0.2) is 9.18 Å². The third-order valence-electron chi connectivity index (χ3n) is 4.64. The van der Waals surface area contributed by atoms with Crippen LogP contribution >= 0.6 is 0 Å². The number of rotatable bonds is 5. The van der Waals surface area contributed by atoms with Gasteiger partial charge in [0.1, 0.15) is 31.1 Å². The fourth-order valence-electron chi connectivity index (χ4n) is 3.37. The molecule has 2 N–H and O–H groups in total. The lowest BCUT2D eigenvalue weighted by Gasteiger charge is -2.30. The summed E-state index contributed by atoms with van der Waals surface area (Å²) in [6.45, 7) is 12.0. The van der Waals surface area contributed by atoms with Gasteiger partial charge in [0.15, 0.2) is 17.7 Å². The molecule has 0 aromatic heterocycles. The van der Waals surface area contributed by atoms with Crippen molar-refractivity contribution in [1.29, 1.82) is 0 Å². The Morgan fingerprint density at radius 1 is 1.20 bits per heavy atom. The molecule has 5 atom stereocenters. The highest BCUT2D eigenvalue weighted by molar-refractivity contribution is 5.75. The van der Waals surface area contributed by atoms with Gasteiger partial charge in [-0.15, -0.1) is 0 Å². The summed E-state index contributed by atoms with van der Waals surface area (Å²) in [7, 11) is 0. The molecule has 2 aliphatic rings. The molecular formula is C20H34FNO8. The summed E-state index contributed by atoms with van der Waals surface area (Å²) < 4.78 is 41.7. The van der Waals surface area contributed by atoms with E-state index in [4.69, 9.17) is 23.7 Å².